The van der Waals surface area contributed by atoms with E-state index in [4.69, 9.17) is 0 Å². The Balaban J connectivity index is 1.63. The number of aliphatic imine (C=N–C) groups is 1. The Morgan fingerprint density at radius 3 is 2.20 bits per heavy atom. The lowest BCUT2D eigenvalue weighted by molar-refractivity contribution is 0.589. The Labute approximate surface area is 151 Å². The van der Waals surface area contributed by atoms with Crippen LogP contribution in [0.15, 0.2) is 53.5 Å². The normalized spacial score (nSPS) is 14.9. The Morgan fingerprint density at radius 1 is 0.960 bits per heavy atom. The lowest BCUT2D eigenvalue weighted by atomic mass is 10.2. The molecule has 1 aliphatic heterocycles. The van der Waals surface area contributed by atoms with Gasteiger partial charge in [-0.05, 0) is 55.8 Å². The Bertz CT molecular complexity index is 666. The van der Waals surface area contributed by atoms with Crippen molar-refractivity contribution in [2.45, 2.75) is 13.8 Å². The van der Waals surface area contributed by atoms with E-state index in [0.717, 1.165) is 50.5 Å². The first-order valence-corrected chi connectivity index (χ1v) is 9.25. The summed E-state index contributed by atoms with van der Waals surface area (Å²) in [7, 11) is 0. The Hall–Kier alpha value is -2.33. The van der Waals surface area contributed by atoms with E-state index in [1.807, 2.05) is 6.21 Å². The number of hydrogen-bond acceptors (Lipinski definition) is 4. The molecular weight excluding hydrogens is 308 g/mol. The van der Waals surface area contributed by atoms with Crippen LogP contribution in [0.3, 0.4) is 0 Å². The number of piperazine rings is 1. The molecule has 0 bridgehead atoms. The first kappa shape index (κ1) is 17.5. The third-order valence-electron chi connectivity index (χ3n) is 4.72. The van der Waals surface area contributed by atoms with E-state index in [-0.39, 0.29) is 0 Å². The second kappa shape index (κ2) is 8.67. The summed E-state index contributed by atoms with van der Waals surface area (Å²) in [6, 6.07) is 17.1. The maximum absolute atomic E-state index is 4.61. The van der Waals surface area contributed by atoms with Crippen molar-refractivity contribution >= 4 is 23.3 Å². The largest absolute Gasteiger partial charge is 0.372 e. The van der Waals surface area contributed by atoms with Crippen molar-refractivity contribution in [1.29, 1.82) is 0 Å². The minimum Gasteiger partial charge on any atom is -0.372 e. The molecule has 0 aromatic heterocycles. The van der Waals surface area contributed by atoms with Crippen molar-refractivity contribution in [1.82, 2.24) is 5.32 Å². The second-order valence-corrected chi connectivity index (χ2v) is 6.28. The van der Waals surface area contributed by atoms with E-state index >= 15 is 0 Å². The molecule has 1 fully saturated rings. The summed E-state index contributed by atoms with van der Waals surface area (Å²) in [5.41, 5.74) is 4.67. The predicted octanol–water partition coefficient (Wildman–Crippen LogP) is 3.69. The summed E-state index contributed by atoms with van der Waals surface area (Å²) in [4.78, 5) is 9.36. The summed E-state index contributed by atoms with van der Waals surface area (Å²) >= 11 is 0. The van der Waals surface area contributed by atoms with Gasteiger partial charge in [0.1, 0.15) is 0 Å². The fraction of sp³-hybridized carbons (Fsp3) is 0.381. The number of nitrogens with one attached hydrogen (secondary N) is 1. The average Bonchev–Trinajstić information content (AvgIpc) is 2.69. The molecule has 3 rings (SSSR count). The zero-order valence-electron chi connectivity index (χ0n) is 15.3. The van der Waals surface area contributed by atoms with Gasteiger partial charge >= 0.3 is 0 Å². The maximum Gasteiger partial charge on any atom is 0.0631 e. The van der Waals surface area contributed by atoms with Gasteiger partial charge in [0, 0.05) is 56.9 Å². The van der Waals surface area contributed by atoms with Crippen LogP contribution in [-0.2, 0) is 0 Å². The molecule has 25 heavy (non-hydrogen) atoms. The lowest BCUT2D eigenvalue weighted by Crippen LogP contribution is -2.43. The van der Waals surface area contributed by atoms with E-state index in [2.05, 4.69) is 82.5 Å². The van der Waals surface area contributed by atoms with Crippen LogP contribution in [-0.4, -0.2) is 45.5 Å². The number of rotatable bonds is 6. The quantitative estimate of drug-likeness (QED) is 0.816. The number of nitrogens with zero attached hydrogens (tertiary/aromatic N) is 3. The van der Waals surface area contributed by atoms with Crippen LogP contribution in [0.1, 0.15) is 19.4 Å². The minimum atomic E-state index is 0.992. The summed E-state index contributed by atoms with van der Waals surface area (Å²) in [5, 5.41) is 3.38. The van der Waals surface area contributed by atoms with E-state index in [1.54, 1.807) is 0 Å². The minimum absolute atomic E-state index is 0.992. The molecular formula is C21H28N4. The zero-order chi connectivity index (χ0) is 17.5. The summed E-state index contributed by atoms with van der Waals surface area (Å²) in [6.45, 7) is 10.7. The molecule has 2 aromatic rings. The SMILES string of the molecule is CCN(CC)c1ccc(C=Nc2ccc(N3CCNCC3)cc2)cc1. The van der Waals surface area contributed by atoms with Gasteiger partial charge in [-0.15, -0.1) is 0 Å². The van der Waals surface area contributed by atoms with Crippen LogP contribution in [0.5, 0.6) is 0 Å². The van der Waals surface area contributed by atoms with E-state index < -0.39 is 0 Å². The van der Waals surface area contributed by atoms with E-state index in [9.17, 15) is 0 Å². The molecule has 1 saturated heterocycles. The van der Waals surface area contributed by atoms with Crippen LogP contribution in [0.4, 0.5) is 17.1 Å². The summed E-state index contributed by atoms with van der Waals surface area (Å²) in [6.07, 6.45) is 1.94. The molecule has 0 spiro atoms. The van der Waals surface area contributed by atoms with Crippen molar-refractivity contribution in [3.63, 3.8) is 0 Å². The monoisotopic (exact) mass is 336 g/mol. The molecule has 1 aliphatic rings. The van der Waals surface area contributed by atoms with Gasteiger partial charge in [-0.1, -0.05) is 12.1 Å². The average molecular weight is 336 g/mol. The first-order chi connectivity index (χ1) is 12.3. The maximum atomic E-state index is 4.61. The van der Waals surface area contributed by atoms with Gasteiger partial charge < -0.3 is 15.1 Å². The van der Waals surface area contributed by atoms with Gasteiger partial charge in [0.15, 0.2) is 0 Å². The fourth-order valence-electron chi connectivity index (χ4n) is 3.18. The third kappa shape index (κ3) is 4.60. The highest BCUT2D eigenvalue weighted by Gasteiger charge is 2.09. The second-order valence-electron chi connectivity index (χ2n) is 6.28. The molecule has 0 amide bonds. The highest BCUT2D eigenvalue weighted by atomic mass is 15.2. The van der Waals surface area contributed by atoms with E-state index in [1.165, 1.54) is 11.4 Å². The van der Waals surface area contributed by atoms with Crippen LogP contribution in [0, 0.1) is 0 Å². The molecule has 4 heteroatoms. The standard InChI is InChI=1S/C21H28N4/c1-3-24(4-2)20-9-5-18(6-10-20)17-23-19-7-11-21(12-8-19)25-15-13-22-14-16-25/h5-12,17,22H,3-4,13-16H2,1-2H3. The number of benzene rings is 2. The van der Waals surface area contributed by atoms with Crippen LogP contribution >= 0.6 is 0 Å². The van der Waals surface area contributed by atoms with E-state index in [0.29, 0.717) is 0 Å². The van der Waals surface area contributed by atoms with Gasteiger partial charge in [0.25, 0.3) is 0 Å². The summed E-state index contributed by atoms with van der Waals surface area (Å²) < 4.78 is 0. The van der Waals surface area contributed by atoms with Crippen molar-refractivity contribution in [2.75, 3.05) is 49.1 Å². The van der Waals surface area contributed by atoms with Gasteiger partial charge in [0.2, 0.25) is 0 Å². The van der Waals surface area contributed by atoms with Crippen LogP contribution < -0.4 is 15.1 Å². The van der Waals surface area contributed by atoms with Gasteiger partial charge in [-0.25, -0.2) is 0 Å². The molecule has 0 saturated carbocycles. The zero-order valence-corrected chi connectivity index (χ0v) is 15.3. The van der Waals surface area contributed by atoms with Crippen molar-refractivity contribution in [3.8, 4) is 0 Å². The fourth-order valence-corrected chi connectivity index (χ4v) is 3.18. The molecule has 4 nitrogen and oxygen atoms in total. The Kier molecular flexibility index (Phi) is 6.07. The highest BCUT2D eigenvalue weighted by Crippen LogP contribution is 2.20. The highest BCUT2D eigenvalue weighted by molar-refractivity contribution is 5.82. The molecule has 2 aromatic carbocycles. The molecule has 1 heterocycles. The molecule has 0 aliphatic carbocycles. The van der Waals surface area contributed by atoms with Crippen LogP contribution in [0.2, 0.25) is 0 Å². The molecule has 1 N–H and O–H groups in total. The van der Waals surface area contributed by atoms with Gasteiger partial charge in [0.05, 0.1) is 5.69 Å². The van der Waals surface area contributed by atoms with Crippen molar-refractivity contribution in [2.24, 2.45) is 4.99 Å². The smallest absolute Gasteiger partial charge is 0.0631 e. The van der Waals surface area contributed by atoms with Crippen molar-refractivity contribution in [3.05, 3.63) is 54.1 Å². The topological polar surface area (TPSA) is 30.9 Å². The van der Waals surface area contributed by atoms with Gasteiger partial charge in [-0.2, -0.15) is 0 Å². The number of hydrogen-bond donors (Lipinski definition) is 1. The first-order valence-electron chi connectivity index (χ1n) is 9.25. The van der Waals surface area contributed by atoms with Gasteiger partial charge in [-0.3, -0.25) is 4.99 Å². The summed E-state index contributed by atoms with van der Waals surface area (Å²) in [5.74, 6) is 0. The molecule has 0 unspecified atom stereocenters. The van der Waals surface area contributed by atoms with Crippen molar-refractivity contribution < 1.29 is 0 Å². The lowest BCUT2D eigenvalue weighted by Gasteiger charge is -2.29. The molecule has 0 atom stereocenters. The molecule has 0 radical (unpaired) electrons. The predicted molar refractivity (Wildman–Crippen MR) is 109 cm³/mol. The third-order valence-corrected chi connectivity index (χ3v) is 4.72. The molecule has 132 valence electrons. The Morgan fingerprint density at radius 2 is 1.60 bits per heavy atom. The number of anilines is 2. The van der Waals surface area contributed by atoms with Crippen LogP contribution in [0.25, 0.3) is 0 Å².